The molecule has 0 atom stereocenters. The molecule has 1 aliphatic heterocycles. The van der Waals surface area contributed by atoms with Crippen molar-refractivity contribution in [2.75, 3.05) is 29.9 Å². The molecule has 0 aromatic heterocycles. The minimum Gasteiger partial charge on any atom is -0.508 e. The molecular weight excluding hydrogens is 283 g/mol. The van der Waals surface area contributed by atoms with Crippen LogP contribution >= 0.6 is 0 Å². The summed E-state index contributed by atoms with van der Waals surface area (Å²) in [6.07, 6.45) is 0.203. The second-order valence-electron chi connectivity index (χ2n) is 5.45. The standard InChI is InChI=1S/C17H17FN2O2/c1-19-7-8-20(15-6-5-13(18)11-16(15)19)17(22)10-12-3-2-4-14(21)9-12/h2-6,9,11,21H,7-8,10H2,1H3. The van der Waals surface area contributed by atoms with Crippen LogP contribution in [-0.4, -0.2) is 31.2 Å². The van der Waals surface area contributed by atoms with E-state index in [9.17, 15) is 14.3 Å². The molecule has 0 saturated carbocycles. The fourth-order valence-corrected chi connectivity index (χ4v) is 2.72. The van der Waals surface area contributed by atoms with E-state index in [2.05, 4.69) is 0 Å². The van der Waals surface area contributed by atoms with Gasteiger partial charge in [-0.25, -0.2) is 4.39 Å². The minimum absolute atomic E-state index is 0.0634. The lowest BCUT2D eigenvalue weighted by Crippen LogP contribution is -2.43. The van der Waals surface area contributed by atoms with Crippen LogP contribution in [0.3, 0.4) is 0 Å². The first-order valence-electron chi connectivity index (χ1n) is 7.13. The molecule has 2 aromatic carbocycles. The molecule has 3 rings (SSSR count). The zero-order valence-corrected chi connectivity index (χ0v) is 12.3. The summed E-state index contributed by atoms with van der Waals surface area (Å²) < 4.78 is 13.4. The van der Waals surface area contributed by atoms with Crippen LogP contribution in [0.4, 0.5) is 15.8 Å². The van der Waals surface area contributed by atoms with E-state index in [4.69, 9.17) is 0 Å². The number of phenols is 1. The van der Waals surface area contributed by atoms with Crippen molar-refractivity contribution in [3.63, 3.8) is 0 Å². The number of nitrogens with zero attached hydrogens (tertiary/aromatic N) is 2. The Hall–Kier alpha value is -2.56. The average Bonchev–Trinajstić information content (AvgIpc) is 2.48. The molecular formula is C17H17FN2O2. The Bertz CT molecular complexity index is 718. The molecule has 1 aliphatic rings. The van der Waals surface area contributed by atoms with Crippen LogP contribution in [-0.2, 0) is 11.2 Å². The van der Waals surface area contributed by atoms with Crippen LogP contribution in [0.15, 0.2) is 42.5 Å². The van der Waals surface area contributed by atoms with Gasteiger partial charge in [0.2, 0.25) is 5.91 Å². The Morgan fingerprint density at radius 2 is 2.00 bits per heavy atom. The zero-order valence-electron chi connectivity index (χ0n) is 12.3. The molecule has 1 heterocycles. The summed E-state index contributed by atoms with van der Waals surface area (Å²) in [5.41, 5.74) is 2.20. The number of hydrogen-bond donors (Lipinski definition) is 1. The molecule has 5 heteroatoms. The molecule has 4 nitrogen and oxygen atoms in total. The summed E-state index contributed by atoms with van der Waals surface area (Å²) in [5, 5.41) is 9.49. The Labute approximate surface area is 128 Å². The third-order valence-corrected chi connectivity index (χ3v) is 3.87. The highest BCUT2D eigenvalue weighted by molar-refractivity contribution is 5.98. The van der Waals surface area contributed by atoms with E-state index in [0.29, 0.717) is 13.1 Å². The van der Waals surface area contributed by atoms with E-state index in [1.54, 1.807) is 35.2 Å². The summed E-state index contributed by atoms with van der Waals surface area (Å²) in [6, 6.07) is 11.1. The SMILES string of the molecule is CN1CCN(C(=O)Cc2cccc(O)c2)c2ccc(F)cc21. The van der Waals surface area contributed by atoms with Gasteiger partial charge in [-0.05, 0) is 35.9 Å². The molecule has 0 fully saturated rings. The van der Waals surface area contributed by atoms with Crippen LogP contribution in [0, 0.1) is 5.82 Å². The second kappa shape index (κ2) is 5.67. The quantitative estimate of drug-likeness (QED) is 0.927. The van der Waals surface area contributed by atoms with Gasteiger partial charge in [0.05, 0.1) is 17.8 Å². The first-order valence-corrected chi connectivity index (χ1v) is 7.13. The van der Waals surface area contributed by atoms with Gasteiger partial charge in [-0.2, -0.15) is 0 Å². The third kappa shape index (κ3) is 2.74. The van der Waals surface area contributed by atoms with Gasteiger partial charge in [0.25, 0.3) is 0 Å². The van der Waals surface area contributed by atoms with Crippen molar-refractivity contribution >= 4 is 17.3 Å². The number of halogens is 1. The van der Waals surface area contributed by atoms with Gasteiger partial charge in [0.1, 0.15) is 11.6 Å². The van der Waals surface area contributed by atoms with Crippen molar-refractivity contribution in [2.24, 2.45) is 0 Å². The van der Waals surface area contributed by atoms with Crippen molar-refractivity contribution < 1.29 is 14.3 Å². The van der Waals surface area contributed by atoms with Gasteiger partial charge in [0.15, 0.2) is 0 Å². The van der Waals surface area contributed by atoms with Crippen molar-refractivity contribution in [3.05, 3.63) is 53.8 Å². The summed E-state index contributed by atoms with van der Waals surface area (Å²) in [4.78, 5) is 16.2. The number of likely N-dealkylation sites (N-methyl/N-ethyl adjacent to an activating group) is 1. The topological polar surface area (TPSA) is 43.8 Å². The molecule has 0 bridgehead atoms. The first kappa shape index (κ1) is 14.4. The van der Waals surface area contributed by atoms with E-state index in [1.807, 2.05) is 11.9 Å². The molecule has 114 valence electrons. The van der Waals surface area contributed by atoms with Crippen molar-refractivity contribution in [3.8, 4) is 5.75 Å². The largest absolute Gasteiger partial charge is 0.508 e. The van der Waals surface area contributed by atoms with Gasteiger partial charge in [-0.15, -0.1) is 0 Å². The van der Waals surface area contributed by atoms with Crippen LogP contribution < -0.4 is 9.80 Å². The predicted octanol–water partition coefficient (Wildman–Crippen LogP) is 2.56. The van der Waals surface area contributed by atoms with Crippen molar-refractivity contribution in [2.45, 2.75) is 6.42 Å². The predicted molar refractivity (Wildman–Crippen MR) is 83.8 cm³/mol. The fraction of sp³-hybridized carbons (Fsp3) is 0.235. The molecule has 22 heavy (non-hydrogen) atoms. The number of carbonyl (C=O) groups is 1. The number of anilines is 2. The van der Waals surface area contributed by atoms with E-state index in [0.717, 1.165) is 16.9 Å². The van der Waals surface area contributed by atoms with E-state index in [-0.39, 0.29) is 23.9 Å². The zero-order chi connectivity index (χ0) is 15.7. The number of rotatable bonds is 2. The molecule has 0 unspecified atom stereocenters. The number of phenolic OH excluding ortho intramolecular Hbond substituents is 1. The Balaban J connectivity index is 1.86. The second-order valence-corrected chi connectivity index (χ2v) is 5.45. The molecule has 1 amide bonds. The number of hydrogen-bond acceptors (Lipinski definition) is 3. The van der Waals surface area contributed by atoms with E-state index >= 15 is 0 Å². The Kier molecular flexibility index (Phi) is 3.71. The number of fused-ring (bicyclic) bond motifs is 1. The smallest absolute Gasteiger partial charge is 0.231 e. The lowest BCUT2D eigenvalue weighted by atomic mass is 10.1. The maximum atomic E-state index is 13.4. The summed E-state index contributed by atoms with van der Waals surface area (Å²) in [6.45, 7) is 1.22. The number of carbonyl (C=O) groups excluding carboxylic acids is 1. The summed E-state index contributed by atoms with van der Waals surface area (Å²) >= 11 is 0. The van der Waals surface area contributed by atoms with Crippen molar-refractivity contribution in [1.82, 2.24) is 0 Å². The summed E-state index contributed by atoms with van der Waals surface area (Å²) in [5.74, 6) is -0.231. The molecule has 0 saturated heterocycles. The van der Waals surface area contributed by atoms with Gasteiger partial charge in [0, 0.05) is 20.1 Å². The maximum Gasteiger partial charge on any atom is 0.231 e. The lowest BCUT2D eigenvalue weighted by Gasteiger charge is -2.35. The highest BCUT2D eigenvalue weighted by atomic mass is 19.1. The molecule has 1 N–H and O–H groups in total. The minimum atomic E-state index is -0.312. The third-order valence-electron chi connectivity index (χ3n) is 3.87. The van der Waals surface area contributed by atoms with Crippen LogP contribution in [0.5, 0.6) is 5.75 Å². The van der Waals surface area contributed by atoms with Crippen LogP contribution in [0.1, 0.15) is 5.56 Å². The number of benzene rings is 2. The average molecular weight is 300 g/mol. The molecule has 0 aliphatic carbocycles. The molecule has 0 spiro atoms. The lowest BCUT2D eigenvalue weighted by molar-refractivity contribution is -0.118. The van der Waals surface area contributed by atoms with Gasteiger partial charge in [-0.1, -0.05) is 12.1 Å². The monoisotopic (exact) mass is 300 g/mol. The molecule has 0 radical (unpaired) electrons. The Morgan fingerprint density at radius 3 is 2.77 bits per heavy atom. The van der Waals surface area contributed by atoms with Gasteiger partial charge in [-0.3, -0.25) is 4.79 Å². The number of amides is 1. The van der Waals surface area contributed by atoms with Crippen molar-refractivity contribution in [1.29, 1.82) is 0 Å². The van der Waals surface area contributed by atoms with Gasteiger partial charge >= 0.3 is 0 Å². The first-order chi connectivity index (χ1) is 10.5. The van der Waals surface area contributed by atoms with E-state index in [1.165, 1.54) is 12.1 Å². The summed E-state index contributed by atoms with van der Waals surface area (Å²) in [7, 11) is 1.88. The fourth-order valence-electron chi connectivity index (χ4n) is 2.72. The van der Waals surface area contributed by atoms with Gasteiger partial charge < -0.3 is 14.9 Å². The Morgan fingerprint density at radius 1 is 1.18 bits per heavy atom. The highest BCUT2D eigenvalue weighted by Gasteiger charge is 2.25. The number of aromatic hydroxyl groups is 1. The van der Waals surface area contributed by atoms with Crippen LogP contribution in [0.25, 0.3) is 0 Å². The normalized spacial score (nSPS) is 13.9. The maximum absolute atomic E-state index is 13.4. The van der Waals surface area contributed by atoms with Crippen LogP contribution in [0.2, 0.25) is 0 Å². The van der Waals surface area contributed by atoms with E-state index < -0.39 is 0 Å². The highest BCUT2D eigenvalue weighted by Crippen LogP contribution is 2.33. The molecule has 2 aromatic rings.